The van der Waals surface area contributed by atoms with E-state index in [4.69, 9.17) is 23.2 Å². The zero-order valence-corrected chi connectivity index (χ0v) is 15.5. The quantitative estimate of drug-likeness (QED) is 0.480. The van der Waals surface area contributed by atoms with Crippen LogP contribution in [0.15, 0.2) is 67.0 Å². The van der Waals surface area contributed by atoms with Gasteiger partial charge in [0.05, 0.1) is 33.4 Å². The predicted molar refractivity (Wildman–Crippen MR) is 108 cm³/mol. The number of amides is 1. The molecule has 0 saturated heterocycles. The molecule has 132 valence electrons. The number of hydrogen-bond acceptors (Lipinski definition) is 2. The molecule has 27 heavy (non-hydrogen) atoms. The van der Waals surface area contributed by atoms with E-state index in [-0.39, 0.29) is 11.9 Å². The molecule has 3 aromatic carbocycles. The van der Waals surface area contributed by atoms with Gasteiger partial charge >= 0.3 is 0 Å². The van der Waals surface area contributed by atoms with Crippen LogP contribution in [0.4, 0.5) is 5.69 Å². The Labute approximate surface area is 165 Å². The number of carbonyl (C=O) groups excluding carboxylic acids is 1. The van der Waals surface area contributed by atoms with Crippen LogP contribution in [-0.4, -0.2) is 15.9 Å². The molecular weight excluding hydrogens is 381 g/mol. The lowest BCUT2D eigenvalue weighted by Gasteiger charge is -2.26. The summed E-state index contributed by atoms with van der Waals surface area (Å²) in [6, 6.07) is 18.6. The molecule has 4 aromatic rings. The Bertz CT molecular complexity index is 1200. The first-order valence-electron chi connectivity index (χ1n) is 8.44. The highest BCUT2D eigenvalue weighted by Crippen LogP contribution is 2.43. The summed E-state index contributed by atoms with van der Waals surface area (Å²) in [5.41, 5.74) is 5.06. The van der Waals surface area contributed by atoms with Gasteiger partial charge in [0.2, 0.25) is 0 Å². The van der Waals surface area contributed by atoms with Crippen molar-refractivity contribution in [3.05, 3.63) is 93.7 Å². The highest BCUT2D eigenvalue weighted by Gasteiger charge is 2.38. The fourth-order valence-corrected chi connectivity index (χ4v) is 3.97. The Kier molecular flexibility index (Phi) is 3.71. The van der Waals surface area contributed by atoms with Crippen molar-refractivity contribution < 1.29 is 4.79 Å². The molecule has 2 heterocycles. The first-order valence-corrected chi connectivity index (χ1v) is 9.19. The normalized spacial score (nSPS) is 16.1. The lowest BCUT2D eigenvalue weighted by molar-refractivity contribution is 0.0993. The number of nitrogens with zero attached hydrogens (tertiary/aromatic N) is 2. The van der Waals surface area contributed by atoms with Crippen LogP contribution in [0.2, 0.25) is 10.0 Å². The molecule has 1 aliphatic heterocycles. The fraction of sp³-hybridized carbons (Fsp3) is 0.0476. The van der Waals surface area contributed by atoms with E-state index in [9.17, 15) is 4.79 Å². The summed E-state index contributed by atoms with van der Waals surface area (Å²) in [5.74, 6) is -0.0449. The number of H-pyrrole nitrogens is 1. The van der Waals surface area contributed by atoms with E-state index in [1.54, 1.807) is 17.3 Å². The van der Waals surface area contributed by atoms with Crippen LogP contribution < -0.4 is 4.90 Å². The van der Waals surface area contributed by atoms with Gasteiger partial charge in [0.15, 0.2) is 0 Å². The van der Waals surface area contributed by atoms with Crippen molar-refractivity contribution in [2.75, 3.05) is 4.90 Å². The van der Waals surface area contributed by atoms with E-state index >= 15 is 0 Å². The van der Waals surface area contributed by atoms with Crippen molar-refractivity contribution in [1.82, 2.24) is 9.97 Å². The smallest absolute Gasteiger partial charge is 0.259 e. The maximum atomic E-state index is 13.2. The SMILES string of the molecule is O=C1c2ccccc2C(c2ccc(Cl)c(Cl)c2)N1c1ccc2[nH]cnc2c1. The molecule has 1 amide bonds. The van der Waals surface area contributed by atoms with E-state index in [1.165, 1.54) is 0 Å². The number of nitrogens with one attached hydrogen (secondary N) is 1. The lowest BCUT2D eigenvalue weighted by Crippen LogP contribution is -2.28. The monoisotopic (exact) mass is 393 g/mol. The van der Waals surface area contributed by atoms with Crippen molar-refractivity contribution in [2.24, 2.45) is 0 Å². The van der Waals surface area contributed by atoms with E-state index in [0.717, 1.165) is 27.8 Å². The van der Waals surface area contributed by atoms with Gasteiger partial charge in [-0.1, -0.05) is 47.5 Å². The number of imidazole rings is 1. The summed E-state index contributed by atoms with van der Waals surface area (Å²) in [6.45, 7) is 0. The highest BCUT2D eigenvalue weighted by atomic mass is 35.5. The lowest BCUT2D eigenvalue weighted by atomic mass is 9.98. The summed E-state index contributed by atoms with van der Waals surface area (Å²) >= 11 is 12.4. The zero-order valence-electron chi connectivity index (χ0n) is 14.0. The number of benzene rings is 3. The largest absolute Gasteiger partial charge is 0.345 e. The molecule has 1 aromatic heterocycles. The van der Waals surface area contributed by atoms with Crippen molar-refractivity contribution in [2.45, 2.75) is 6.04 Å². The minimum atomic E-state index is -0.278. The third-order valence-electron chi connectivity index (χ3n) is 4.91. The van der Waals surface area contributed by atoms with Crippen molar-refractivity contribution >= 4 is 45.8 Å². The van der Waals surface area contributed by atoms with Crippen LogP contribution in [0, 0.1) is 0 Å². The van der Waals surface area contributed by atoms with Crippen LogP contribution in [0.25, 0.3) is 11.0 Å². The average Bonchev–Trinajstić information content (AvgIpc) is 3.26. The van der Waals surface area contributed by atoms with Crippen LogP contribution in [0.5, 0.6) is 0 Å². The third kappa shape index (κ3) is 2.52. The molecule has 6 heteroatoms. The summed E-state index contributed by atoms with van der Waals surface area (Å²) in [6.07, 6.45) is 1.64. The average molecular weight is 394 g/mol. The van der Waals surface area contributed by atoms with Crippen LogP contribution in [-0.2, 0) is 0 Å². The van der Waals surface area contributed by atoms with Gasteiger partial charge in [-0.3, -0.25) is 9.69 Å². The number of hydrogen-bond donors (Lipinski definition) is 1. The van der Waals surface area contributed by atoms with Gasteiger partial charge in [0.1, 0.15) is 0 Å². The Morgan fingerprint density at radius 1 is 0.963 bits per heavy atom. The summed E-state index contributed by atoms with van der Waals surface area (Å²) in [4.78, 5) is 22.4. The maximum absolute atomic E-state index is 13.2. The van der Waals surface area contributed by atoms with Gasteiger partial charge in [-0.05, 0) is 47.5 Å². The second-order valence-electron chi connectivity index (χ2n) is 6.44. The second kappa shape index (κ2) is 6.12. The van der Waals surface area contributed by atoms with Crippen molar-refractivity contribution in [3.63, 3.8) is 0 Å². The van der Waals surface area contributed by atoms with Crippen molar-refractivity contribution in [1.29, 1.82) is 0 Å². The maximum Gasteiger partial charge on any atom is 0.259 e. The van der Waals surface area contributed by atoms with E-state index in [0.29, 0.717) is 15.6 Å². The summed E-state index contributed by atoms with van der Waals surface area (Å²) in [7, 11) is 0. The van der Waals surface area contributed by atoms with Gasteiger partial charge in [-0.2, -0.15) is 0 Å². The molecule has 0 saturated carbocycles. The molecule has 1 N–H and O–H groups in total. The van der Waals surface area contributed by atoms with Crippen LogP contribution in [0.1, 0.15) is 27.5 Å². The first kappa shape index (κ1) is 16.4. The van der Waals surface area contributed by atoms with E-state index < -0.39 is 0 Å². The zero-order chi connectivity index (χ0) is 18.5. The Balaban J connectivity index is 1.72. The Hall–Kier alpha value is -2.82. The molecule has 1 atom stereocenters. The van der Waals surface area contributed by atoms with Gasteiger partial charge in [0, 0.05) is 11.3 Å². The molecule has 0 bridgehead atoms. The molecule has 5 rings (SSSR count). The minimum Gasteiger partial charge on any atom is -0.345 e. The minimum absolute atomic E-state index is 0.0449. The Morgan fingerprint density at radius 3 is 2.67 bits per heavy atom. The predicted octanol–water partition coefficient (Wildman–Crippen LogP) is 5.62. The fourth-order valence-electron chi connectivity index (χ4n) is 3.66. The molecular formula is C21H13Cl2N3O. The Morgan fingerprint density at radius 2 is 1.81 bits per heavy atom. The van der Waals surface area contributed by atoms with Gasteiger partial charge in [-0.25, -0.2) is 4.98 Å². The van der Waals surface area contributed by atoms with E-state index in [1.807, 2.05) is 54.6 Å². The van der Waals surface area contributed by atoms with Gasteiger partial charge in [-0.15, -0.1) is 0 Å². The number of halogens is 2. The summed E-state index contributed by atoms with van der Waals surface area (Å²) < 4.78 is 0. The number of anilines is 1. The molecule has 1 aliphatic rings. The topological polar surface area (TPSA) is 49.0 Å². The number of aromatic nitrogens is 2. The van der Waals surface area contributed by atoms with Crippen molar-refractivity contribution in [3.8, 4) is 0 Å². The first-order chi connectivity index (χ1) is 13.1. The molecule has 0 fully saturated rings. The third-order valence-corrected chi connectivity index (χ3v) is 5.64. The highest BCUT2D eigenvalue weighted by molar-refractivity contribution is 6.42. The number of fused-ring (bicyclic) bond motifs is 2. The number of rotatable bonds is 2. The van der Waals surface area contributed by atoms with Gasteiger partial charge in [0.25, 0.3) is 5.91 Å². The van der Waals surface area contributed by atoms with Crippen LogP contribution >= 0.6 is 23.2 Å². The van der Waals surface area contributed by atoms with Gasteiger partial charge < -0.3 is 4.98 Å². The molecule has 0 spiro atoms. The second-order valence-corrected chi connectivity index (χ2v) is 7.26. The molecule has 0 aliphatic carbocycles. The number of aromatic amines is 1. The number of carbonyl (C=O) groups is 1. The van der Waals surface area contributed by atoms with E-state index in [2.05, 4.69) is 9.97 Å². The standard InChI is InChI=1S/C21H13Cl2N3O/c22-16-7-5-12(9-17(16)23)20-14-3-1-2-4-15(14)21(27)26(20)13-6-8-18-19(10-13)25-11-24-18/h1-11,20H,(H,24,25). The molecule has 4 nitrogen and oxygen atoms in total. The summed E-state index contributed by atoms with van der Waals surface area (Å²) in [5, 5.41) is 0.955. The van der Waals surface area contributed by atoms with Crippen LogP contribution in [0.3, 0.4) is 0 Å². The molecule has 1 unspecified atom stereocenters. The molecule has 0 radical (unpaired) electrons.